The van der Waals surface area contributed by atoms with E-state index in [1.807, 2.05) is 13.8 Å². The number of carbonyl (C=O) groups is 1. The van der Waals surface area contributed by atoms with E-state index in [0.29, 0.717) is 18.0 Å². The third-order valence-corrected chi connectivity index (χ3v) is 4.54. The van der Waals surface area contributed by atoms with Gasteiger partial charge in [-0.15, -0.1) is 0 Å². The van der Waals surface area contributed by atoms with Crippen molar-refractivity contribution in [2.24, 2.45) is 5.92 Å². The molecule has 1 atom stereocenters. The van der Waals surface area contributed by atoms with Gasteiger partial charge in [-0.1, -0.05) is 25.4 Å². The van der Waals surface area contributed by atoms with Gasteiger partial charge in [0, 0.05) is 11.6 Å². The third kappa shape index (κ3) is 5.65. The van der Waals surface area contributed by atoms with E-state index in [-0.39, 0.29) is 16.7 Å². The van der Waals surface area contributed by atoms with Gasteiger partial charge in [0.05, 0.1) is 4.90 Å². The highest BCUT2D eigenvalue weighted by Crippen LogP contribution is 2.15. The van der Waals surface area contributed by atoms with Gasteiger partial charge in [-0.3, -0.25) is 4.79 Å². The van der Waals surface area contributed by atoms with E-state index in [1.165, 1.54) is 24.3 Å². The molecule has 0 radical (unpaired) electrons. The second kappa shape index (κ2) is 7.77. The van der Waals surface area contributed by atoms with Gasteiger partial charge in [-0.05, 0) is 43.5 Å². The molecule has 0 saturated heterocycles. The van der Waals surface area contributed by atoms with Gasteiger partial charge in [-0.2, -0.15) is 4.72 Å². The molecular weight excluding hydrogens is 312 g/mol. The zero-order valence-corrected chi connectivity index (χ0v) is 14.0. The summed E-state index contributed by atoms with van der Waals surface area (Å²) in [6, 6.07) is 5.04. The number of carbonyl (C=O) groups excluding carboxylic acids is 1. The minimum Gasteiger partial charge on any atom is -0.355 e. The second-order valence-electron chi connectivity index (χ2n) is 5.15. The number of sulfonamides is 1. The number of nitrogens with one attached hydrogen (secondary N) is 2. The summed E-state index contributed by atoms with van der Waals surface area (Å²) < 4.78 is 27.1. The van der Waals surface area contributed by atoms with Crippen LogP contribution < -0.4 is 10.0 Å². The normalized spacial score (nSPS) is 13.2. The summed E-state index contributed by atoms with van der Waals surface area (Å²) in [6.45, 7) is 6.11. The average molecular weight is 333 g/mol. The summed E-state index contributed by atoms with van der Waals surface area (Å²) in [5, 5.41) is 3.10. The van der Waals surface area contributed by atoms with E-state index in [1.54, 1.807) is 6.92 Å². The maximum absolute atomic E-state index is 12.3. The third-order valence-electron chi connectivity index (χ3n) is 2.80. The monoisotopic (exact) mass is 332 g/mol. The number of amides is 1. The van der Waals surface area contributed by atoms with Crippen molar-refractivity contribution in [3.8, 4) is 0 Å². The van der Waals surface area contributed by atoms with Crippen LogP contribution in [0.25, 0.3) is 0 Å². The lowest BCUT2D eigenvalue weighted by Gasteiger charge is -2.19. The van der Waals surface area contributed by atoms with Crippen molar-refractivity contribution in [2.75, 3.05) is 6.54 Å². The van der Waals surface area contributed by atoms with E-state index in [4.69, 9.17) is 11.6 Å². The zero-order valence-electron chi connectivity index (χ0n) is 12.4. The fraction of sp³-hybridized carbons (Fsp3) is 0.500. The Hall–Kier alpha value is -1.11. The highest BCUT2D eigenvalue weighted by atomic mass is 35.5. The van der Waals surface area contributed by atoms with Crippen molar-refractivity contribution in [3.05, 3.63) is 29.3 Å². The number of likely N-dealkylation sites (N-methyl/N-ethyl adjacent to an activating group) is 1. The number of halogens is 1. The van der Waals surface area contributed by atoms with E-state index < -0.39 is 16.1 Å². The molecule has 0 spiro atoms. The lowest BCUT2D eigenvalue weighted by molar-refractivity contribution is -0.122. The van der Waals surface area contributed by atoms with Crippen molar-refractivity contribution < 1.29 is 13.2 Å². The first-order valence-corrected chi connectivity index (χ1v) is 8.68. The summed E-state index contributed by atoms with van der Waals surface area (Å²) in [5.74, 6) is -0.130. The molecule has 21 heavy (non-hydrogen) atoms. The number of rotatable bonds is 7. The second-order valence-corrected chi connectivity index (χ2v) is 7.30. The Labute approximate surface area is 131 Å². The van der Waals surface area contributed by atoms with Crippen LogP contribution >= 0.6 is 11.6 Å². The average Bonchev–Trinajstić information content (AvgIpc) is 2.38. The first kappa shape index (κ1) is 17.9. The molecule has 1 amide bonds. The van der Waals surface area contributed by atoms with Crippen molar-refractivity contribution in [1.82, 2.24) is 10.0 Å². The quantitative estimate of drug-likeness (QED) is 0.803. The fourth-order valence-electron chi connectivity index (χ4n) is 1.85. The highest BCUT2D eigenvalue weighted by Gasteiger charge is 2.26. The Morgan fingerprint density at radius 1 is 1.24 bits per heavy atom. The Bertz CT molecular complexity index is 570. The topological polar surface area (TPSA) is 75.3 Å². The van der Waals surface area contributed by atoms with Gasteiger partial charge in [-0.25, -0.2) is 8.42 Å². The summed E-state index contributed by atoms with van der Waals surface area (Å²) in [4.78, 5) is 12.1. The molecule has 1 aromatic carbocycles. The molecule has 0 fully saturated rings. The molecule has 0 heterocycles. The summed E-state index contributed by atoms with van der Waals surface area (Å²) >= 11 is 5.75. The van der Waals surface area contributed by atoms with E-state index in [0.717, 1.165) is 0 Å². The van der Waals surface area contributed by atoms with Crippen LogP contribution in [-0.2, 0) is 14.8 Å². The summed E-state index contributed by atoms with van der Waals surface area (Å²) in [7, 11) is -3.75. The molecule has 2 N–H and O–H groups in total. The van der Waals surface area contributed by atoms with Gasteiger partial charge in [0.15, 0.2) is 0 Å². The zero-order chi connectivity index (χ0) is 16.0. The molecule has 0 aromatic heterocycles. The van der Waals surface area contributed by atoms with Gasteiger partial charge in [0.25, 0.3) is 0 Å². The maximum Gasteiger partial charge on any atom is 0.241 e. The molecule has 0 unspecified atom stereocenters. The van der Waals surface area contributed by atoms with Crippen LogP contribution in [0.15, 0.2) is 29.2 Å². The largest absolute Gasteiger partial charge is 0.355 e. The van der Waals surface area contributed by atoms with E-state index in [9.17, 15) is 13.2 Å². The minimum absolute atomic E-state index is 0.0879. The molecule has 1 rings (SSSR count). The predicted molar refractivity (Wildman–Crippen MR) is 83.7 cm³/mol. The molecule has 0 aliphatic rings. The molecule has 118 valence electrons. The van der Waals surface area contributed by atoms with Crippen LogP contribution in [0.4, 0.5) is 0 Å². The van der Waals surface area contributed by atoms with Crippen LogP contribution in [0.5, 0.6) is 0 Å². The molecule has 1 aromatic rings. The number of hydrogen-bond acceptors (Lipinski definition) is 3. The Morgan fingerprint density at radius 2 is 1.81 bits per heavy atom. The van der Waals surface area contributed by atoms with Crippen molar-refractivity contribution >= 4 is 27.5 Å². The van der Waals surface area contributed by atoms with Crippen molar-refractivity contribution in [3.63, 3.8) is 0 Å². The van der Waals surface area contributed by atoms with E-state index >= 15 is 0 Å². The first-order valence-electron chi connectivity index (χ1n) is 6.82. The van der Waals surface area contributed by atoms with Gasteiger partial charge < -0.3 is 5.32 Å². The molecule has 0 saturated carbocycles. The smallest absolute Gasteiger partial charge is 0.241 e. The maximum atomic E-state index is 12.3. The summed E-state index contributed by atoms with van der Waals surface area (Å²) in [5.41, 5.74) is 0. The first-order chi connectivity index (χ1) is 9.76. The fourth-order valence-corrected chi connectivity index (χ4v) is 3.18. The van der Waals surface area contributed by atoms with Gasteiger partial charge in [0.1, 0.15) is 6.04 Å². The molecule has 5 nitrogen and oxygen atoms in total. The molecular formula is C14H21ClN2O3S. The van der Waals surface area contributed by atoms with Crippen LogP contribution in [0, 0.1) is 5.92 Å². The van der Waals surface area contributed by atoms with Crippen LogP contribution in [0.2, 0.25) is 5.02 Å². The predicted octanol–water partition coefficient (Wildman–Crippen LogP) is 2.17. The highest BCUT2D eigenvalue weighted by molar-refractivity contribution is 7.89. The lowest BCUT2D eigenvalue weighted by Crippen LogP contribution is -2.47. The Balaban J connectivity index is 2.95. The number of benzene rings is 1. The SMILES string of the molecule is CCNC(=O)[C@H](CC(C)C)NS(=O)(=O)c1ccc(Cl)cc1. The standard InChI is InChI=1S/C14H21ClN2O3S/c1-4-16-14(18)13(9-10(2)3)17-21(19,20)12-7-5-11(15)6-8-12/h5-8,10,13,17H,4,9H2,1-3H3,(H,16,18)/t13-/m0/s1. The van der Waals surface area contributed by atoms with Gasteiger partial charge in [0.2, 0.25) is 15.9 Å². The van der Waals surface area contributed by atoms with Crippen LogP contribution in [-0.4, -0.2) is 26.9 Å². The van der Waals surface area contributed by atoms with Crippen LogP contribution in [0.1, 0.15) is 27.2 Å². The Morgan fingerprint density at radius 3 is 2.29 bits per heavy atom. The van der Waals surface area contributed by atoms with E-state index in [2.05, 4.69) is 10.0 Å². The molecule has 0 aliphatic heterocycles. The molecule has 7 heteroatoms. The summed E-state index contributed by atoms with van der Waals surface area (Å²) in [6.07, 6.45) is 0.429. The molecule has 0 aliphatic carbocycles. The minimum atomic E-state index is -3.75. The number of hydrogen-bond donors (Lipinski definition) is 2. The van der Waals surface area contributed by atoms with Crippen LogP contribution in [0.3, 0.4) is 0 Å². The van der Waals surface area contributed by atoms with Crippen molar-refractivity contribution in [2.45, 2.75) is 38.1 Å². The van der Waals surface area contributed by atoms with Gasteiger partial charge >= 0.3 is 0 Å². The molecule has 0 bridgehead atoms. The Kier molecular flexibility index (Phi) is 6.64. The lowest BCUT2D eigenvalue weighted by atomic mass is 10.0. The van der Waals surface area contributed by atoms with Crippen molar-refractivity contribution in [1.29, 1.82) is 0 Å².